The molecule has 1 aromatic heterocycles. The van der Waals surface area contributed by atoms with Crippen molar-refractivity contribution in [3.05, 3.63) is 17.8 Å². The molecule has 1 aliphatic carbocycles. The second kappa shape index (κ2) is 5.62. The fourth-order valence-corrected chi connectivity index (χ4v) is 2.34. The van der Waals surface area contributed by atoms with Crippen LogP contribution in [0.4, 0.5) is 5.82 Å². The van der Waals surface area contributed by atoms with E-state index in [0.717, 1.165) is 11.5 Å². The molecule has 0 aliphatic heterocycles. The van der Waals surface area contributed by atoms with Crippen LogP contribution in [0.2, 0.25) is 0 Å². The van der Waals surface area contributed by atoms with Gasteiger partial charge in [-0.1, -0.05) is 19.3 Å². The van der Waals surface area contributed by atoms with Gasteiger partial charge in [0.1, 0.15) is 6.54 Å². The molecule has 4 nitrogen and oxygen atoms in total. The van der Waals surface area contributed by atoms with Gasteiger partial charge in [-0.15, -0.1) is 5.10 Å². The van der Waals surface area contributed by atoms with Gasteiger partial charge in [-0.3, -0.25) is 0 Å². The number of aromatic nitrogens is 2. The molecule has 0 saturated heterocycles. The van der Waals surface area contributed by atoms with Crippen molar-refractivity contribution in [2.45, 2.75) is 38.0 Å². The van der Waals surface area contributed by atoms with Crippen molar-refractivity contribution in [1.82, 2.24) is 10.2 Å². The first-order chi connectivity index (χ1) is 8.31. The average molecular weight is 230 g/mol. The summed E-state index contributed by atoms with van der Waals surface area (Å²) in [4.78, 5) is 1.80. The highest BCUT2D eigenvalue weighted by molar-refractivity contribution is 5.37. The minimum atomic E-state index is 0.345. The third-order valence-electron chi connectivity index (χ3n) is 3.39. The highest BCUT2D eigenvalue weighted by Crippen LogP contribution is 2.31. The second-order valence-corrected chi connectivity index (χ2v) is 4.67. The summed E-state index contributed by atoms with van der Waals surface area (Å²) in [5.74, 6) is 1.36. The molecule has 0 amide bonds. The van der Waals surface area contributed by atoms with Crippen molar-refractivity contribution in [3.8, 4) is 6.07 Å². The fourth-order valence-electron chi connectivity index (χ4n) is 2.34. The number of nitriles is 1. The van der Waals surface area contributed by atoms with E-state index in [2.05, 4.69) is 22.3 Å². The number of hydrogen-bond acceptors (Lipinski definition) is 4. The summed E-state index contributed by atoms with van der Waals surface area (Å²) in [6.07, 6.45) is 6.45. The Morgan fingerprint density at radius 2 is 2.06 bits per heavy atom. The number of rotatable bonds is 3. The molecule has 1 fully saturated rings. The zero-order valence-electron chi connectivity index (χ0n) is 10.3. The van der Waals surface area contributed by atoms with Crippen molar-refractivity contribution >= 4 is 5.82 Å². The monoisotopic (exact) mass is 230 g/mol. The maximum atomic E-state index is 8.62. The van der Waals surface area contributed by atoms with Gasteiger partial charge < -0.3 is 4.90 Å². The van der Waals surface area contributed by atoms with E-state index in [1.807, 2.05) is 13.1 Å². The molecule has 2 rings (SSSR count). The highest BCUT2D eigenvalue weighted by Gasteiger charge is 2.17. The molecular weight excluding hydrogens is 212 g/mol. The molecule has 1 aromatic rings. The van der Waals surface area contributed by atoms with Crippen LogP contribution >= 0.6 is 0 Å². The van der Waals surface area contributed by atoms with Gasteiger partial charge in [0, 0.05) is 13.0 Å². The van der Waals surface area contributed by atoms with E-state index in [-0.39, 0.29) is 0 Å². The van der Waals surface area contributed by atoms with Crippen LogP contribution in [0.1, 0.15) is 43.7 Å². The molecule has 0 spiro atoms. The fraction of sp³-hybridized carbons (Fsp3) is 0.615. The van der Waals surface area contributed by atoms with Crippen LogP contribution in [0.5, 0.6) is 0 Å². The van der Waals surface area contributed by atoms with Gasteiger partial charge in [0.15, 0.2) is 5.82 Å². The topological polar surface area (TPSA) is 52.8 Å². The first-order valence-electron chi connectivity index (χ1n) is 6.23. The first kappa shape index (κ1) is 11.8. The van der Waals surface area contributed by atoms with Gasteiger partial charge in [-0.25, -0.2) is 0 Å². The van der Waals surface area contributed by atoms with Crippen molar-refractivity contribution in [3.63, 3.8) is 0 Å². The van der Waals surface area contributed by atoms with Gasteiger partial charge in [-0.2, -0.15) is 10.4 Å². The van der Waals surface area contributed by atoms with E-state index in [0.29, 0.717) is 12.5 Å². The minimum Gasteiger partial charge on any atom is -0.345 e. The normalized spacial score (nSPS) is 16.5. The van der Waals surface area contributed by atoms with Crippen LogP contribution in [0.25, 0.3) is 0 Å². The van der Waals surface area contributed by atoms with Gasteiger partial charge in [0.05, 0.1) is 11.8 Å². The zero-order chi connectivity index (χ0) is 12.1. The molecule has 0 aromatic carbocycles. The molecule has 0 unspecified atom stereocenters. The molecule has 1 heterocycles. The van der Waals surface area contributed by atoms with Gasteiger partial charge in [0.25, 0.3) is 0 Å². The lowest BCUT2D eigenvalue weighted by molar-refractivity contribution is 0.434. The Balaban J connectivity index is 2.04. The molecule has 0 bridgehead atoms. The standard InChI is InChI=1S/C13H18N4/c1-17(10-9-14)13-8-7-12(15-16-13)11-5-3-2-4-6-11/h7-8,11H,2-6,10H2,1H3. The van der Waals surface area contributed by atoms with Gasteiger partial charge in [-0.05, 0) is 25.0 Å². The molecule has 0 radical (unpaired) electrons. The largest absolute Gasteiger partial charge is 0.345 e. The zero-order valence-corrected chi connectivity index (χ0v) is 10.3. The Kier molecular flexibility index (Phi) is 3.92. The predicted molar refractivity (Wildman–Crippen MR) is 66.7 cm³/mol. The number of anilines is 1. The van der Waals surface area contributed by atoms with Crippen molar-refractivity contribution < 1.29 is 0 Å². The Morgan fingerprint density at radius 1 is 1.29 bits per heavy atom. The van der Waals surface area contributed by atoms with Crippen LogP contribution in [0.3, 0.4) is 0 Å². The summed E-state index contributed by atoms with van der Waals surface area (Å²) >= 11 is 0. The molecule has 4 heteroatoms. The predicted octanol–water partition coefficient (Wildman–Crippen LogP) is 2.48. The third kappa shape index (κ3) is 2.94. The van der Waals surface area contributed by atoms with Crippen molar-refractivity contribution in [1.29, 1.82) is 5.26 Å². The number of hydrogen-bond donors (Lipinski definition) is 0. The van der Waals surface area contributed by atoms with Crippen molar-refractivity contribution in [2.75, 3.05) is 18.5 Å². The molecule has 17 heavy (non-hydrogen) atoms. The minimum absolute atomic E-state index is 0.345. The maximum Gasteiger partial charge on any atom is 0.151 e. The summed E-state index contributed by atoms with van der Waals surface area (Å²) in [6, 6.07) is 6.13. The molecular formula is C13H18N4. The highest BCUT2D eigenvalue weighted by atomic mass is 15.2. The maximum absolute atomic E-state index is 8.62. The SMILES string of the molecule is CN(CC#N)c1ccc(C2CCCCC2)nn1. The van der Waals surface area contributed by atoms with Gasteiger partial charge >= 0.3 is 0 Å². The van der Waals surface area contributed by atoms with E-state index < -0.39 is 0 Å². The first-order valence-corrected chi connectivity index (χ1v) is 6.23. The lowest BCUT2D eigenvalue weighted by Gasteiger charge is -2.21. The van der Waals surface area contributed by atoms with Crippen LogP contribution in [0.15, 0.2) is 12.1 Å². The van der Waals surface area contributed by atoms with E-state index in [4.69, 9.17) is 5.26 Å². The van der Waals surface area contributed by atoms with E-state index >= 15 is 0 Å². The summed E-state index contributed by atoms with van der Waals surface area (Å²) in [6.45, 7) is 0.345. The average Bonchev–Trinajstić information content (AvgIpc) is 2.40. The Morgan fingerprint density at radius 3 is 2.65 bits per heavy atom. The summed E-state index contributed by atoms with van der Waals surface area (Å²) < 4.78 is 0. The molecule has 1 saturated carbocycles. The van der Waals surface area contributed by atoms with Crippen LogP contribution in [-0.4, -0.2) is 23.8 Å². The lowest BCUT2D eigenvalue weighted by Crippen LogP contribution is -2.19. The quantitative estimate of drug-likeness (QED) is 0.748. The van der Waals surface area contributed by atoms with Crippen LogP contribution < -0.4 is 4.90 Å². The Labute approximate surface area is 102 Å². The summed E-state index contributed by atoms with van der Waals surface area (Å²) in [5.41, 5.74) is 1.11. The summed E-state index contributed by atoms with van der Waals surface area (Å²) in [7, 11) is 1.85. The van der Waals surface area contributed by atoms with Crippen molar-refractivity contribution in [2.24, 2.45) is 0 Å². The van der Waals surface area contributed by atoms with Gasteiger partial charge in [0.2, 0.25) is 0 Å². The third-order valence-corrected chi connectivity index (χ3v) is 3.39. The molecule has 0 atom stereocenters. The lowest BCUT2D eigenvalue weighted by atomic mass is 9.87. The van der Waals surface area contributed by atoms with Crippen LogP contribution in [-0.2, 0) is 0 Å². The Bertz CT molecular complexity index is 387. The summed E-state index contributed by atoms with van der Waals surface area (Å²) in [5, 5.41) is 17.1. The number of nitrogens with zero attached hydrogens (tertiary/aromatic N) is 4. The molecule has 1 aliphatic rings. The Hall–Kier alpha value is -1.63. The van der Waals surface area contributed by atoms with Crippen LogP contribution in [0, 0.1) is 11.3 Å². The smallest absolute Gasteiger partial charge is 0.151 e. The second-order valence-electron chi connectivity index (χ2n) is 4.67. The molecule has 0 N–H and O–H groups in total. The van der Waals surface area contributed by atoms with E-state index in [9.17, 15) is 0 Å². The van der Waals surface area contributed by atoms with E-state index in [1.165, 1.54) is 32.1 Å². The van der Waals surface area contributed by atoms with E-state index in [1.54, 1.807) is 4.90 Å². The molecule has 90 valence electrons.